The Balaban J connectivity index is 1.72. The highest BCUT2D eigenvalue weighted by Crippen LogP contribution is 2.17. The number of carbonyl (C=O) groups excluding carboxylic acids is 2. The van der Waals surface area contributed by atoms with Crippen LogP contribution >= 0.6 is 0 Å². The fourth-order valence-electron chi connectivity index (χ4n) is 2.39. The molecular weight excluding hydrogens is 259 g/mol. The van der Waals surface area contributed by atoms with Crippen LogP contribution < -0.4 is 10.6 Å². The van der Waals surface area contributed by atoms with E-state index in [1.54, 1.807) is 18.2 Å². The molecular formula is C15H19FN2O2. The van der Waals surface area contributed by atoms with Gasteiger partial charge in [-0.25, -0.2) is 4.39 Å². The maximum Gasteiger partial charge on any atom is 0.229 e. The molecule has 4 nitrogen and oxygen atoms in total. The molecule has 0 atom stereocenters. The van der Waals surface area contributed by atoms with Crippen LogP contribution in [0.1, 0.15) is 37.7 Å². The van der Waals surface area contributed by atoms with Crippen molar-refractivity contribution in [1.82, 2.24) is 10.6 Å². The lowest BCUT2D eigenvalue weighted by Gasteiger charge is -2.11. The summed E-state index contributed by atoms with van der Waals surface area (Å²) < 4.78 is 13.3. The molecule has 0 saturated heterocycles. The molecule has 2 rings (SSSR count). The molecule has 0 radical (unpaired) electrons. The second-order valence-electron chi connectivity index (χ2n) is 5.09. The van der Waals surface area contributed by atoms with Gasteiger partial charge < -0.3 is 10.6 Å². The minimum atomic E-state index is -0.385. The molecule has 108 valence electrons. The first-order chi connectivity index (χ1) is 9.65. The van der Waals surface area contributed by atoms with Gasteiger partial charge in [0.1, 0.15) is 12.2 Å². The molecule has 1 aliphatic rings. The fourth-order valence-corrected chi connectivity index (χ4v) is 2.39. The molecule has 1 aromatic carbocycles. The summed E-state index contributed by atoms with van der Waals surface area (Å²) in [5, 5.41) is 5.40. The van der Waals surface area contributed by atoms with Crippen LogP contribution in [-0.4, -0.2) is 17.9 Å². The molecule has 0 unspecified atom stereocenters. The van der Waals surface area contributed by atoms with E-state index in [-0.39, 0.29) is 36.6 Å². The molecule has 0 spiro atoms. The molecule has 0 heterocycles. The summed E-state index contributed by atoms with van der Waals surface area (Å²) in [4.78, 5) is 23.3. The summed E-state index contributed by atoms with van der Waals surface area (Å²) in [5.41, 5.74) is 0.414. The first-order valence-corrected chi connectivity index (χ1v) is 6.94. The van der Waals surface area contributed by atoms with Crippen molar-refractivity contribution in [3.63, 3.8) is 0 Å². The Kier molecular flexibility index (Phi) is 5.09. The van der Waals surface area contributed by atoms with Crippen LogP contribution in [0, 0.1) is 5.82 Å². The van der Waals surface area contributed by atoms with E-state index in [0.29, 0.717) is 5.56 Å². The average Bonchev–Trinajstić information content (AvgIpc) is 2.90. The van der Waals surface area contributed by atoms with Crippen molar-refractivity contribution in [1.29, 1.82) is 0 Å². The highest BCUT2D eigenvalue weighted by molar-refractivity contribution is 5.96. The molecule has 20 heavy (non-hydrogen) atoms. The van der Waals surface area contributed by atoms with E-state index >= 15 is 0 Å². The second kappa shape index (κ2) is 7.03. The second-order valence-corrected chi connectivity index (χ2v) is 5.09. The number of halogens is 1. The molecule has 5 heteroatoms. The van der Waals surface area contributed by atoms with Gasteiger partial charge in [-0.05, 0) is 18.9 Å². The largest absolute Gasteiger partial charge is 0.353 e. The molecule has 0 bridgehead atoms. The van der Waals surface area contributed by atoms with E-state index in [9.17, 15) is 14.0 Å². The van der Waals surface area contributed by atoms with E-state index in [4.69, 9.17) is 0 Å². The maximum absolute atomic E-state index is 13.3. The normalized spacial score (nSPS) is 15.1. The van der Waals surface area contributed by atoms with Crippen LogP contribution in [0.3, 0.4) is 0 Å². The van der Waals surface area contributed by atoms with Crippen molar-refractivity contribution in [2.24, 2.45) is 0 Å². The Labute approximate surface area is 117 Å². The highest BCUT2D eigenvalue weighted by Gasteiger charge is 2.18. The Morgan fingerprint density at radius 2 is 1.85 bits per heavy atom. The first kappa shape index (κ1) is 14.5. The van der Waals surface area contributed by atoms with Crippen LogP contribution in [-0.2, 0) is 16.1 Å². The van der Waals surface area contributed by atoms with E-state index in [2.05, 4.69) is 10.6 Å². The van der Waals surface area contributed by atoms with Crippen LogP contribution in [0.25, 0.3) is 0 Å². The number of amides is 2. The number of benzene rings is 1. The molecule has 0 aromatic heterocycles. The standard InChI is InChI=1S/C15H19FN2O2/c16-13-8-4-1-5-11(13)10-17-14(19)9-15(20)18-12-6-2-3-7-12/h1,4-5,8,12H,2-3,6-7,9-10H2,(H,17,19)(H,18,20). The quantitative estimate of drug-likeness (QED) is 0.808. The zero-order valence-electron chi connectivity index (χ0n) is 11.3. The monoisotopic (exact) mass is 278 g/mol. The summed E-state index contributed by atoms with van der Waals surface area (Å²) >= 11 is 0. The van der Waals surface area contributed by atoms with Crippen molar-refractivity contribution in [3.05, 3.63) is 35.6 Å². The van der Waals surface area contributed by atoms with E-state index in [1.165, 1.54) is 6.07 Å². The van der Waals surface area contributed by atoms with Gasteiger partial charge in [-0.15, -0.1) is 0 Å². The Hall–Kier alpha value is -1.91. The smallest absolute Gasteiger partial charge is 0.229 e. The van der Waals surface area contributed by atoms with Crippen molar-refractivity contribution >= 4 is 11.8 Å². The predicted octanol–water partition coefficient (Wildman–Crippen LogP) is 1.89. The topological polar surface area (TPSA) is 58.2 Å². The molecule has 1 aliphatic carbocycles. The third-order valence-corrected chi connectivity index (χ3v) is 3.48. The third-order valence-electron chi connectivity index (χ3n) is 3.48. The van der Waals surface area contributed by atoms with E-state index in [0.717, 1.165) is 25.7 Å². The van der Waals surface area contributed by atoms with Crippen molar-refractivity contribution in [2.45, 2.75) is 44.7 Å². The Morgan fingerprint density at radius 3 is 2.55 bits per heavy atom. The summed E-state index contributed by atoms with van der Waals surface area (Å²) in [6.45, 7) is 0.0994. The number of hydrogen-bond acceptors (Lipinski definition) is 2. The van der Waals surface area contributed by atoms with Gasteiger partial charge in [-0.1, -0.05) is 31.0 Å². The minimum Gasteiger partial charge on any atom is -0.353 e. The van der Waals surface area contributed by atoms with E-state index < -0.39 is 0 Å². The van der Waals surface area contributed by atoms with Crippen molar-refractivity contribution < 1.29 is 14.0 Å². The lowest BCUT2D eigenvalue weighted by Crippen LogP contribution is -2.36. The third kappa shape index (κ3) is 4.33. The fraction of sp³-hybridized carbons (Fsp3) is 0.467. The molecule has 2 amide bonds. The number of hydrogen-bond donors (Lipinski definition) is 2. The van der Waals surface area contributed by atoms with Gasteiger partial charge in [0.05, 0.1) is 0 Å². The predicted molar refractivity (Wildman–Crippen MR) is 73.3 cm³/mol. The van der Waals surface area contributed by atoms with Gasteiger partial charge in [0, 0.05) is 18.2 Å². The lowest BCUT2D eigenvalue weighted by molar-refractivity contribution is -0.129. The summed E-state index contributed by atoms with van der Waals surface area (Å²) in [7, 11) is 0. The zero-order chi connectivity index (χ0) is 14.4. The number of carbonyl (C=O) groups is 2. The van der Waals surface area contributed by atoms with Gasteiger partial charge >= 0.3 is 0 Å². The minimum absolute atomic E-state index is 0.0994. The molecule has 0 aliphatic heterocycles. The molecule has 2 N–H and O–H groups in total. The Morgan fingerprint density at radius 1 is 1.15 bits per heavy atom. The van der Waals surface area contributed by atoms with Gasteiger partial charge in [-0.3, -0.25) is 9.59 Å². The molecule has 1 aromatic rings. The first-order valence-electron chi connectivity index (χ1n) is 6.94. The van der Waals surface area contributed by atoms with Crippen LogP contribution in [0.4, 0.5) is 4.39 Å². The Bertz CT molecular complexity index is 485. The summed E-state index contributed by atoms with van der Waals surface area (Å²) in [5.74, 6) is -1.00. The van der Waals surface area contributed by atoms with Crippen molar-refractivity contribution in [2.75, 3.05) is 0 Å². The van der Waals surface area contributed by atoms with Gasteiger partial charge in [-0.2, -0.15) is 0 Å². The number of nitrogens with one attached hydrogen (secondary N) is 2. The van der Waals surface area contributed by atoms with Crippen LogP contribution in [0.15, 0.2) is 24.3 Å². The molecule has 1 saturated carbocycles. The summed E-state index contributed by atoms with van der Waals surface area (Å²) in [6.07, 6.45) is 4.03. The lowest BCUT2D eigenvalue weighted by atomic mass is 10.2. The van der Waals surface area contributed by atoms with Crippen LogP contribution in [0.5, 0.6) is 0 Å². The highest BCUT2D eigenvalue weighted by atomic mass is 19.1. The van der Waals surface area contributed by atoms with E-state index in [1.807, 2.05) is 0 Å². The maximum atomic E-state index is 13.3. The zero-order valence-corrected chi connectivity index (χ0v) is 11.3. The average molecular weight is 278 g/mol. The summed E-state index contributed by atoms with van der Waals surface area (Å²) in [6, 6.07) is 6.46. The van der Waals surface area contributed by atoms with Crippen LogP contribution in [0.2, 0.25) is 0 Å². The molecule has 1 fully saturated rings. The number of rotatable bonds is 5. The van der Waals surface area contributed by atoms with Gasteiger partial charge in [0.2, 0.25) is 11.8 Å². The van der Waals surface area contributed by atoms with Gasteiger partial charge in [0.15, 0.2) is 0 Å². The van der Waals surface area contributed by atoms with Gasteiger partial charge in [0.25, 0.3) is 0 Å². The SMILES string of the molecule is O=C(CC(=O)NC1CCCC1)NCc1ccccc1F. The van der Waals surface area contributed by atoms with Crippen molar-refractivity contribution in [3.8, 4) is 0 Å².